The molecule has 2 aliphatic rings. The monoisotopic (exact) mass is 325 g/mol. The molecule has 1 spiro atoms. The Morgan fingerprint density at radius 3 is 2.71 bits per heavy atom. The molecule has 0 N–H and O–H groups in total. The highest BCUT2D eigenvalue weighted by molar-refractivity contribution is 5.79. The van der Waals surface area contributed by atoms with Gasteiger partial charge in [0.2, 0.25) is 0 Å². The van der Waals surface area contributed by atoms with E-state index in [2.05, 4.69) is 29.0 Å². The first-order valence-corrected chi connectivity index (χ1v) is 9.05. The maximum absolute atomic E-state index is 12.7. The Bertz CT molecular complexity index is 808. The maximum atomic E-state index is 12.7. The average Bonchev–Trinajstić information content (AvgIpc) is 2.92. The molecule has 1 atom stereocenters. The minimum Gasteiger partial charge on any atom is -0.311 e. The van der Waals surface area contributed by atoms with Crippen LogP contribution in [0.4, 0.5) is 0 Å². The molecule has 2 saturated heterocycles. The number of rotatable bonds is 2. The fraction of sp³-hybridized carbons (Fsp3) is 0.550. The van der Waals surface area contributed by atoms with Crippen molar-refractivity contribution in [3.05, 3.63) is 46.2 Å². The molecule has 2 aromatic rings. The van der Waals surface area contributed by atoms with Crippen molar-refractivity contribution in [3.63, 3.8) is 0 Å². The summed E-state index contributed by atoms with van der Waals surface area (Å²) in [5.74, 6) is 0. The second kappa shape index (κ2) is 6.01. The molecule has 0 radical (unpaired) electrons. The minimum atomic E-state index is 0.150. The number of nitrogens with zero attached hydrogens (tertiary/aromatic N) is 3. The van der Waals surface area contributed by atoms with E-state index in [1.807, 2.05) is 25.2 Å². The molecule has 0 saturated carbocycles. The number of fused-ring (bicyclic) bond motifs is 1. The van der Waals surface area contributed by atoms with E-state index in [1.54, 1.807) is 4.57 Å². The van der Waals surface area contributed by atoms with Crippen LogP contribution < -0.4 is 5.56 Å². The van der Waals surface area contributed by atoms with Crippen LogP contribution in [-0.2, 0) is 13.6 Å². The first-order valence-electron chi connectivity index (χ1n) is 9.05. The van der Waals surface area contributed by atoms with Crippen molar-refractivity contribution >= 4 is 10.9 Å². The lowest BCUT2D eigenvalue weighted by atomic mass is 9.79. The van der Waals surface area contributed by atoms with Gasteiger partial charge >= 0.3 is 0 Å². The summed E-state index contributed by atoms with van der Waals surface area (Å²) in [7, 11) is 4.12. The van der Waals surface area contributed by atoms with Crippen molar-refractivity contribution in [3.8, 4) is 0 Å². The summed E-state index contributed by atoms with van der Waals surface area (Å²) in [6, 6.07) is 10.2. The van der Waals surface area contributed by atoms with Crippen LogP contribution in [0.15, 0.2) is 35.1 Å². The van der Waals surface area contributed by atoms with Gasteiger partial charge in [-0.3, -0.25) is 9.69 Å². The largest absolute Gasteiger partial charge is 0.311 e. The van der Waals surface area contributed by atoms with E-state index in [1.165, 1.54) is 32.4 Å². The van der Waals surface area contributed by atoms with Crippen molar-refractivity contribution in [2.75, 3.05) is 33.2 Å². The van der Waals surface area contributed by atoms with Gasteiger partial charge in [0.25, 0.3) is 5.56 Å². The SMILES string of the molecule is CN1CC[C@]2(CCCN(Cc3cc4ccccc4n(C)c3=O)C2)C1. The fourth-order valence-electron chi connectivity index (χ4n) is 4.78. The molecule has 0 amide bonds. The molecule has 0 bridgehead atoms. The van der Waals surface area contributed by atoms with Crippen LogP contribution in [-0.4, -0.2) is 47.6 Å². The standard InChI is InChI=1S/C20H27N3O/c1-21-11-9-20(14-21)8-5-10-23(15-20)13-17-12-16-6-3-4-7-18(16)22(2)19(17)24/h3-4,6-7,12H,5,8-11,13-15H2,1-2H3/t20-/m1/s1. The molecule has 1 aromatic carbocycles. The summed E-state index contributed by atoms with van der Waals surface area (Å²) in [6.07, 6.45) is 3.89. The number of piperidine rings is 1. The highest BCUT2D eigenvalue weighted by atomic mass is 16.1. The van der Waals surface area contributed by atoms with Crippen molar-refractivity contribution in [1.82, 2.24) is 14.4 Å². The smallest absolute Gasteiger partial charge is 0.255 e. The number of likely N-dealkylation sites (tertiary alicyclic amines) is 2. The molecule has 3 heterocycles. The zero-order chi connectivity index (χ0) is 16.7. The van der Waals surface area contributed by atoms with E-state index in [9.17, 15) is 4.79 Å². The second-order valence-corrected chi connectivity index (χ2v) is 7.89. The van der Waals surface area contributed by atoms with Crippen molar-refractivity contribution in [2.45, 2.75) is 25.8 Å². The lowest BCUT2D eigenvalue weighted by Gasteiger charge is -2.40. The van der Waals surface area contributed by atoms with Crippen LogP contribution in [0.1, 0.15) is 24.8 Å². The molecule has 1 aromatic heterocycles. The van der Waals surface area contributed by atoms with Gasteiger partial charge in [0.15, 0.2) is 0 Å². The van der Waals surface area contributed by atoms with Gasteiger partial charge in [0.1, 0.15) is 0 Å². The molecule has 24 heavy (non-hydrogen) atoms. The number of para-hydroxylation sites is 1. The molecule has 4 nitrogen and oxygen atoms in total. The Morgan fingerprint density at radius 1 is 1.08 bits per heavy atom. The van der Waals surface area contributed by atoms with Crippen molar-refractivity contribution < 1.29 is 0 Å². The van der Waals surface area contributed by atoms with Gasteiger partial charge in [-0.2, -0.15) is 0 Å². The third-order valence-corrected chi connectivity index (χ3v) is 5.97. The van der Waals surface area contributed by atoms with Gasteiger partial charge in [-0.05, 0) is 62.3 Å². The summed E-state index contributed by atoms with van der Waals surface area (Å²) in [5.41, 5.74) is 2.55. The highest BCUT2D eigenvalue weighted by Gasteiger charge is 2.40. The van der Waals surface area contributed by atoms with Gasteiger partial charge in [-0.15, -0.1) is 0 Å². The van der Waals surface area contributed by atoms with E-state index < -0.39 is 0 Å². The van der Waals surface area contributed by atoms with E-state index in [-0.39, 0.29) is 5.56 Å². The van der Waals surface area contributed by atoms with E-state index in [0.29, 0.717) is 5.41 Å². The lowest BCUT2D eigenvalue weighted by Crippen LogP contribution is -2.44. The number of pyridine rings is 1. The Hall–Kier alpha value is -1.65. The Balaban J connectivity index is 1.60. The first-order chi connectivity index (χ1) is 11.6. The van der Waals surface area contributed by atoms with Gasteiger partial charge in [0, 0.05) is 32.2 Å². The Morgan fingerprint density at radius 2 is 1.92 bits per heavy atom. The van der Waals surface area contributed by atoms with Crippen molar-refractivity contribution in [1.29, 1.82) is 0 Å². The molecule has 0 aliphatic carbocycles. The Labute approximate surface area is 143 Å². The third-order valence-electron chi connectivity index (χ3n) is 5.97. The molecule has 2 aliphatic heterocycles. The number of hydrogen-bond acceptors (Lipinski definition) is 3. The summed E-state index contributed by atoms with van der Waals surface area (Å²) in [6.45, 7) is 5.45. The van der Waals surface area contributed by atoms with E-state index in [0.717, 1.165) is 36.1 Å². The van der Waals surface area contributed by atoms with Crippen LogP contribution >= 0.6 is 0 Å². The summed E-state index contributed by atoms with van der Waals surface area (Å²) in [5, 5.41) is 1.15. The third kappa shape index (κ3) is 2.78. The minimum absolute atomic E-state index is 0.150. The highest BCUT2D eigenvalue weighted by Crippen LogP contribution is 2.38. The van der Waals surface area contributed by atoms with Gasteiger partial charge in [0.05, 0.1) is 5.52 Å². The second-order valence-electron chi connectivity index (χ2n) is 7.89. The van der Waals surface area contributed by atoms with Crippen LogP contribution in [0.2, 0.25) is 0 Å². The van der Waals surface area contributed by atoms with Crippen LogP contribution in [0.25, 0.3) is 10.9 Å². The first kappa shape index (κ1) is 15.9. The van der Waals surface area contributed by atoms with Crippen molar-refractivity contribution in [2.24, 2.45) is 12.5 Å². The number of hydrogen-bond donors (Lipinski definition) is 0. The summed E-state index contributed by atoms with van der Waals surface area (Å²) < 4.78 is 1.80. The molecule has 4 heteroatoms. The van der Waals surface area contributed by atoms with E-state index in [4.69, 9.17) is 0 Å². The van der Waals surface area contributed by atoms with Crippen LogP contribution in [0.3, 0.4) is 0 Å². The zero-order valence-electron chi connectivity index (χ0n) is 14.8. The van der Waals surface area contributed by atoms with E-state index >= 15 is 0 Å². The molecule has 128 valence electrons. The molecular weight excluding hydrogens is 298 g/mol. The number of aromatic nitrogens is 1. The molecular formula is C20H27N3O. The maximum Gasteiger partial charge on any atom is 0.255 e. The predicted molar refractivity (Wildman–Crippen MR) is 98.2 cm³/mol. The Kier molecular flexibility index (Phi) is 3.97. The van der Waals surface area contributed by atoms with Crippen LogP contribution in [0, 0.1) is 5.41 Å². The quantitative estimate of drug-likeness (QED) is 0.849. The van der Waals surface area contributed by atoms with Gasteiger partial charge < -0.3 is 9.47 Å². The predicted octanol–water partition coefficient (Wildman–Crippen LogP) is 2.46. The number of aryl methyl sites for hydroxylation is 1. The lowest BCUT2D eigenvalue weighted by molar-refractivity contribution is 0.0896. The van der Waals surface area contributed by atoms with Gasteiger partial charge in [-0.25, -0.2) is 0 Å². The van der Waals surface area contributed by atoms with Crippen LogP contribution in [0.5, 0.6) is 0 Å². The normalized spacial score (nSPS) is 25.8. The molecule has 2 fully saturated rings. The zero-order valence-corrected chi connectivity index (χ0v) is 14.8. The molecule has 0 unspecified atom stereocenters. The molecule has 4 rings (SSSR count). The summed E-state index contributed by atoms with van der Waals surface area (Å²) in [4.78, 5) is 17.7. The average molecular weight is 325 g/mol. The summed E-state index contributed by atoms with van der Waals surface area (Å²) >= 11 is 0. The topological polar surface area (TPSA) is 28.5 Å². The van der Waals surface area contributed by atoms with Gasteiger partial charge in [-0.1, -0.05) is 18.2 Å². The number of benzene rings is 1. The fourth-order valence-corrected chi connectivity index (χ4v) is 4.78.